The van der Waals surface area contributed by atoms with Gasteiger partial charge >= 0.3 is 10.1 Å². The number of carbonyl (C=O) groups excluding carboxylic acids is 1. The number of ether oxygens (including phenoxy) is 1. The average molecular weight is 398 g/mol. The van der Waals surface area contributed by atoms with Crippen LogP contribution in [0.15, 0.2) is 45.8 Å². The highest BCUT2D eigenvalue weighted by atomic mass is 79.9. The minimum Gasteiger partial charge on any atom is -0.482 e. The summed E-state index contributed by atoms with van der Waals surface area (Å²) in [6.45, 7) is 1.79. The minimum absolute atomic E-state index is 0.0745. The smallest absolute Gasteiger partial charge is 0.339 e. The van der Waals surface area contributed by atoms with Crippen molar-refractivity contribution in [3.8, 4) is 11.5 Å². The topological polar surface area (TPSA) is 81.7 Å². The third-order valence-electron chi connectivity index (χ3n) is 3.16. The van der Waals surface area contributed by atoms with E-state index in [-0.39, 0.29) is 23.2 Å². The Labute approximate surface area is 141 Å². The van der Waals surface area contributed by atoms with E-state index in [1.54, 1.807) is 18.2 Å². The Morgan fingerprint density at radius 2 is 2.00 bits per heavy atom. The molecule has 0 atom stereocenters. The average Bonchev–Trinajstić information content (AvgIpc) is 2.49. The number of hydrogen-bond donors (Lipinski definition) is 1. The highest BCUT2D eigenvalue weighted by Crippen LogP contribution is 2.33. The summed E-state index contributed by atoms with van der Waals surface area (Å²) >= 11 is 3.27. The molecule has 6 nitrogen and oxygen atoms in total. The largest absolute Gasteiger partial charge is 0.482 e. The van der Waals surface area contributed by atoms with Gasteiger partial charge in [-0.15, -0.1) is 0 Å². The first-order valence-electron chi connectivity index (χ1n) is 6.62. The Morgan fingerprint density at radius 3 is 2.74 bits per heavy atom. The summed E-state index contributed by atoms with van der Waals surface area (Å²) in [4.78, 5) is 11.3. The number of benzene rings is 2. The lowest BCUT2D eigenvalue weighted by atomic mass is 10.2. The fourth-order valence-electron chi connectivity index (χ4n) is 2.06. The molecule has 2 aromatic rings. The molecular weight excluding hydrogens is 386 g/mol. The zero-order valence-corrected chi connectivity index (χ0v) is 14.4. The van der Waals surface area contributed by atoms with Crippen molar-refractivity contribution >= 4 is 37.6 Å². The van der Waals surface area contributed by atoms with Gasteiger partial charge in [0.15, 0.2) is 12.4 Å². The van der Waals surface area contributed by atoms with Crippen molar-refractivity contribution in [2.24, 2.45) is 0 Å². The van der Waals surface area contributed by atoms with Gasteiger partial charge in [0, 0.05) is 0 Å². The third-order valence-corrected chi connectivity index (χ3v) is 5.01. The first kappa shape index (κ1) is 15.8. The number of carbonyl (C=O) groups is 1. The molecule has 0 radical (unpaired) electrons. The molecule has 0 aliphatic carbocycles. The summed E-state index contributed by atoms with van der Waals surface area (Å²) in [7, 11) is -4.04. The molecule has 1 heterocycles. The molecule has 0 aromatic heterocycles. The van der Waals surface area contributed by atoms with Crippen LogP contribution in [-0.4, -0.2) is 20.9 Å². The normalized spacial score (nSPS) is 13.7. The first-order valence-corrected chi connectivity index (χ1v) is 8.83. The molecule has 0 bridgehead atoms. The third kappa shape index (κ3) is 3.32. The van der Waals surface area contributed by atoms with Crippen LogP contribution in [-0.2, 0) is 14.9 Å². The lowest BCUT2D eigenvalue weighted by Gasteiger charge is -2.18. The molecule has 8 heteroatoms. The van der Waals surface area contributed by atoms with Gasteiger partial charge in [-0.3, -0.25) is 4.79 Å². The molecule has 0 fully saturated rings. The van der Waals surface area contributed by atoms with Gasteiger partial charge in [0.25, 0.3) is 5.91 Å². The lowest BCUT2D eigenvalue weighted by Crippen LogP contribution is -2.25. The van der Waals surface area contributed by atoms with Crippen LogP contribution in [0.2, 0.25) is 0 Å². The maximum absolute atomic E-state index is 12.4. The SMILES string of the molecule is Cc1ccc(OS(=O)(=O)c2ccc3c(c2)NC(=O)CO3)c(Br)c1. The van der Waals surface area contributed by atoms with Gasteiger partial charge in [0.1, 0.15) is 10.6 Å². The molecule has 0 saturated carbocycles. The minimum atomic E-state index is -4.04. The van der Waals surface area contributed by atoms with Crippen molar-refractivity contribution in [3.05, 3.63) is 46.4 Å². The number of rotatable bonds is 3. The van der Waals surface area contributed by atoms with Crippen molar-refractivity contribution in [2.75, 3.05) is 11.9 Å². The second kappa shape index (κ2) is 5.86. The van der Waals surface area contributed by atoms with Crippen LogP contribution < -0.4 is 14.2 Å². The van der Waals surface area contributed by atoms with Crippen LogP contribution in [0.4, 0.5) is 5.69 Å². The van der Waals surface area contributed by atoms with Gasteiger partial charge in [-0.05, 0) is 58.7 Å². The Kier molecular flexibility index (Phi) is 4.03. The standard InChI is InChI=1S/C15H12BrNO5S/c1-9-2-4-13(11(16)6-9)22-23(19,20)10-3-5-14-12(7-10)17-15(18)8-21-14/h2-7H,8H2,1H3,(H,17,18). The number of hydrogen-bond acceptors (Lipinski definition) is 5. The van der Waals surface area contributed by atoms with E-state index in [2.05, 4.69) is 21.2 Å². The molecule has 1 N–H and O–H groups in total. The summed E-state index contributed by atoms with van der Waals surface area (Å²) < 4.78 is 35.7. The monoisotopic (exact) mass is 397 g/mol. The fourth-order valence-corrected chi connectivity index (χ4v) is 3.71. The van der Waals surface area contributed by atoms with E-state index >= 15 is 0 Å². The van der Waals surface area contributed by atoms with E-state index in [1.807, 2.05) is 6.92 Å². The zero-order chi connectivity index (χ0) is 16.6. The van der Waals surface area contributed by atoms with Crippen molar-refractivity contribution in [1.29, 1.82) is 0 Å². The lowest BCUT2D eigenvalue weighted by molar-refractivity contribution is -0.118. The van der Waals surface area contributed by atoms with Gasteiger partial charge in [0.2, 0.25) is 0 Å². The van der Waals surface area contributed by atoms with Gasteiger partial charge in [-0.2, -0.15) is 8.42 Å². The molecule has 120 valence electrons. The molecule has 3 rings (SSSR count). The number of amides is 1. The molecule has 0 unspecified atom stereocenters. The van der Waals surface area contributed by atoms with Crippen LogP contribution in [0.1, 0.15) is 5.56 Å². The number of nitrogens with one attached hydrogen (secondary N) is 1. The highest BCUT2D eigenvalue weighted by molar-refractivity contribution is 9.10. The molecule has 0 saturated heterocycles. The predicted molar refractivity (Wildman–Crippen MR) is 87.3 cm³/mol. The quantitative estimate of drug-likeness (QED) is 0.805. The predicted octanol–water partition coefficient (Wildman–Crippen LogP) is 2.86. The van der Waals surface area contributed by atoms with Crippen molar-refractivity contribution < 1.29 is 22.1 Å². The summed E-state index contributed by atoms with van der Waals surface area (Å²) in [6.07, 6.45) is 0. The molecule has 2 aromatic carbocycles. The van der Waals surface area contributed by atoms with Crippen molar-refractivity contribution in [3.63, 3.8) is 0 Å². The zero-order valence-electron chi connectivity index (χ0n) is 12.0. The Morgan fingerprint density at radius 1 is 1.22 bits per heavy atom. The van der Waals surface area contributed by atoms with Gasteiger partial charge < -0.3 is 14.2 Å². The summed E-state index contributed by atoms with van der Waals surface area (Å²) in [5.41, 5.74) is 1.27. The van der Waals surface area contributed by atoms with Crippen LogP contribution in [0.3, 0.4) is 0 Å². The van der Waals surface area contributed by atoms with E-state index in [9.17, 15) is 13.2 Å². The number of anilines is 1. The number of halogens is 1. The highest BCUT2D eigenvalue weighted by Gasteiger charge is 2.23. The Balaban J connectivity index is 1.93. The number of aryl methyl sites for hydroxylation is 1. The molecule has 0 spiro atoms. The Bertz CT molecular complexity index is 895. The van der Waals surface area contributed by atoms with Crippen molar-refractivity contribution in [2.45, 2.75) is 11.8 Å². The fraction of sp³-hybridized carbons (Fsp3) is 0.133. The van der Waals surface area contributed by atoms with Gasteiger partial charge in [-0.25, -0.2) is 0 Å². The summed E-state index contributed by atoms with van der Waals surface area (Å²) in [5, 5.41) is 2.56. The summed E-state index contributed by atoms with van der Waals surface area (Å²) in [5.74, 6) is 0.267. The van der Waals surface area contributed by atoms with E-state index in [4.69, 9.17) is 8.92 Å². The van der Waals surface area contributed by atoms with Crippen LogP contribution in [0, 0.1) is 6.92 Å². The second-order valence-corrected chi connectivity index (χ2v) is 7.37. The molecule has 23 heavy (non-hydrogen) atoms. The maximum Gasteiger partial charge on any atom is 0.339 e. The maximum atomic E-state index is 12.4. The van der Waals surface area contributed by atoms with E-state index in [1.165, 1.54) is 18.2 Å². The van der Waals surface area contributed by atoms with E-state index < -0.39 is 10.1 Å². The van der Waals surface area contributed by atoms with Crippen LogP contribution in [0.25, 0.3) is 0 Å². The second-order valence-electron chi connectivity index (χ2n) is 4.97. The van der Waals surface area contributed by atoms with E-state index in [0.717, 1.165) is 5.56 Å². The molecule has 1 aliphatic rings. The Hall–Kier alpha value is -2.06. The first-order chi connectivity index (χ1) is 10.8. The molecular formula is C15H12BrNO5S. The van der Waals surface area contributed by atoms with Crippen molar-refractivity contribution in [1.82, 2.24) is 0 Å². The van der Waals surface area contributed by atoms with Gasteiger partial charge in [0.05, 0.1) is 10.2 Å². The molecule has 1 aliphatic heterocycles. The van der Waals surface area contributed by atoms with Gasteiger partial charge in [-0.1, -0.05) is 6.07 Å². The molecule has 1 amide bonds. The summed E-state index contributed by atoms with van der Waals surface area (Å²) in [6, 6.07) is 9.23. The van der Waals surface area contributed by atoms with E-state index in [0.29, 0.717) is 15.9 Å². The van der Waals surface area contributed by atoms with Crippen LogP contribution >= 0.6 is 15.9 Å². The number of fused-ring (bicyclic) bond motifs is 1. The van der Waals surface area contributed by atoms with Crippen LogP contribution in [0.5, 0.6) is 11.5 Å².